The van der Waals surface area contributed by atoms with E-state index in [-0.39, 0.29) is 5.91 Å². The largest absolute Gasteiger partial charge is 0.444 e. The van der Waals surface area contributed by atoms with Gasteiger partial charge in [-0.2, -0.15) is 0 Å². The molecular formula is C24H23NO3. The molecule has 3 aromatic rings. The first-order valence-corrected chi connectivity index (χ1v) is 9.15. The standard InChI is InChI=1S/C24H23NO3/c1-16-13-14-18(3)21(15-16)25-23(26)22(19-10-5-4-6-11-19)28-24(27)20-12-8-7-9-17(20)2/h4-15,22H,1-3H3,(H,25,26)/t22-/m1/s1. The summed E-state index contributed by atoms with van der Waals surface area (Å²) in [6, 6.07) is 22.0. The molecule has 0 unspecified atom stereocenters. The zero-order chi connectivity index (χ0) is 20.1. The number of anilines is 1. The smallest absolute Gasteiger partial charge is 0.339 e. The van der Waals surface area contributed by atoms with Gasteiger partial charge in [0.05, 0.1) is 5.56 Å². The number of aryl methyl sites for hydroxylation is 3. The molecule has 4 nitrogen and oxygen atoms in total. The van der Waals surface area contributed by atoms with Crippen LogP contribution in [0.2, 0.25) is 0 Å². The van der Waals surface area contributed by atoms with Crippen LogP contribution in [0.4, 0.5) is 5.69 Å². The second-order valence-electron chi connectivity index (χ2n) is 6.82. The van der Waals surface area contributed by atoms with Crippen LogP contribution in [0.3, 0.4) is 0 Å². The lowest BCUT2D eigenvalue weighted by molar-refractivity contribution is -0.125. The highest BCUT2D eigenvalue weighted by atomic mass is 16.5. The maximum absolute atomic E-state index is 13.0. The van der Waals surface area contributed by atoms with Crippen LogP contribution >= 0.6 is 0 Å². The molecule has 4 heteroatoms. The van der Waals surface area contributed by atoms with Gasteiger partial charge in [-0.05, 0) is 49.6 Å². The fourth-order valence-electron chi connectivity index (χ4n) is 2.94. The fraction of sp³-hybridized carbons (Fsp3) is 0.167. The summed E-state index contributed by atoms with van der Waals surface area (Å²) in [6.07, 6.45) is -1.05. The van der Waals surface area contributed by atoms with Gasteiger partial charge in [-0.15, -0.1) is 0 Å². The van der Waals surface area contributed by atoms with Crippen LogP contribution in [0.5, 0.6) is 0 Å². The van der Waals surface area contributed by atoms with Gasteiger partial charge in [0.1, 0.15) is 0 Å². The summed E-state index contributed by atoms with van der Waals surface area (Å²) >= 11 is 0. The number of carbonyl (C=O) groups excluding carboxylic acids is 2. The normalized spacial score (nSPS) is 11.5. The highest BCUT2D eigenvalue weighted by Gasteiger charge is 2.26. The third-order valence-corrected chi connectivity index (χ3v) is 4.58. The van der Waals surface area contributed by atoms with Crippen molar-refractivity contribution in [1.29, 1.82) is 0 Å². The fourth-order valence-corrected chi connectivity index (χ4v) is 2.94. The number of carbonyl (C=O) groups is 2. The number of hydrogen-bond acceptors (Lipinski definition) is 3. The van der Waals surface area contributed by atoms with E-state index in [0.29, 0.717) is 16.8 Å². The van der Waals surface area contributed by atoms with E-state index < -0.39 is 12.1 Å². The molecule has 0 spiro atoms. The minimum absolute atomic E-state index is 0.387. The number of amides is 1. The predicted octanol–water partition coefficient (Wildman–Crippen LogP) is 5.15. The van der Waals surface area contributed by atoms with Gasteiger partial charge in [-0.1, -0.05) is 60.7 Å². The third kappa shape index (κ3) is 4.46. The first-order valence-electron chi connectivity index (χ1n) is 9.15. The number of rotatable bonds is 5. The summed E-state index contributed by atoms with van der Waals surface area (Å²) in [6.45, 7) is 5.72. The first kappa shape index (κ1) is 19.4. The molecule has 142 valence electrons. The van der Waals surface area contributed by atoms with E-state index in [2.05, 4.69) is 5.32 Å². The topological polar surface area (TPSA) is 55.4 Å². The van der Waals surface area contributed by atoms with Crippen LogP contribution in [-0.2, 0) is 9.53 Å². The minimum atomic E-state index is -1.05. The van der Waals surface area contributed by atoms with Gasteiger partial charge < -0.3 is 10.1 Å². The first-order chi connectivity index (χ1) is 13.5. The lowest BCUT2D eigenvalue weighted by Crippen LogP contribution is -2.26. The molecule has 0 aliphatic carbocycles. The molecule has 0 saturated carbocycles. The molecular weight excluding hydrogens is 350 g/mol. The van der Waals surface area contributed by atoms with Crippen molar-refractivity contribution in [3.8, 4) is 0 Å². The summed E-state index contributed by atoms with van der Waals surface area (Å²) in [7, 11) is 0. The number of nitrogens with one attached hydrogen (secondary N) is 1. The Kier molecular flexibility index (Phi) is 5.90. The van der Waals surface area contributed by atoms with Crippen LogP contribution in [0, 0.1) is 20.8 Å². The molecule has 0 fully saturated rings. The Labute approximate surface area is 165 Å². The van der Waals surface area contributed by atoms with Crippen LogP contribution in [0.25, 0.3) is 0 Å². The van der Waals surface area contributed by atoms with E-state index in [1.807, 2.05) is 69.3 Å². The van der Waals surface area contributed by atoms with Crippen molar-refractivity contribution in [2.24, 2.45) is 0 Å². The Morgan fingerprint density at radius 1 is 0.821 bits per heavy atom. The monoisotopic (exact) mass is 373 g/mol. The van der Waals surface area contributed by atoms with Crippen molar-refractivity contribution in [3.05, 3.63) is 101 Å². The molecule has 0 aromatic heterocycles. The maximum atomic E-state index is 13.0. The van der Waals surface area contributed by atoms with E-state index in [0.717, 1.165) is 16.7 Å². The summed E-state index contributed by atoms with van der Waals surface area (Å²) in [5.41, 5.74) is 4.55. The molecule has 0 aliphatic heterocycles. The van der Waals surface area contributed by atoms with Crippen LogP contribution in [0.1, 0.15) is 38.7 Å². The Morgan fingerprint density at radius 3 is 2.21 bits per heavy atom. The number of benzene rings is 3. The van der Waals surface area contributed by atoms with E-state index in [1.165, 1.54) is 0 Å². The van der Waals surface area contributed by atoms with Crippen molar-refractivity contribution in [1.82, 2.24) is 0 Å². The van der Waals surface area contributed by atoms with Crippen molar-refractivity contribution in [3.63, 3.8) is 0 Å². The summed E-state index contributed by atoms with van der Waals surface area (Å²) < 4.78 is 5.66. The van der Waals surface area contributed by atoms with Crippen LogP contribution in [-0.4, -0.2) is 11.9 Å². The molecule has 0 bridgehead atoms. The zero-order valence-electron chi connectivity index (χ0n) is 16.2. The number of esters is 1. The van der Waals surface area contributed by atoms with Crippen LogP contribution < -0.4 is 5.32 Å². The van der Waals surface area contributed by atoms with E-state index in [1.54, 1.807) is 24.3 Å². The molecule has 1 atom stereocenters. The highest BCUT2D eigenvalue weighted by Crippen LogP contribution is 2.24. The molecule has 0 heterocycles. The van der Waals surface area contributed by atoms with Crippen molar-refractivity contribution in [2.45, 2.75) is 26.9 Å². The molecule has 1 N–H and O–H groups in total. The average Bonchev–Trinajstić information content (AvgIpc) is 2.69. The van der Waals surface area contributed by atoms with E-state index in [9.17, 15) is 9.59 Å². The Bertz CT molecular complexity index is 996. The van der Waals surface area contributed by atoms with Crippen molar-refractivity contribution in [2.75, 3.05) is 5.32 Å². The quantitative estimate of drug-likeness (QED) is 0.629. The summed E-state index contributed by atoms with van der Waals surface area (Å²) in [5.74, 6) is -0.912. The lowest BCUT2D eigenvalue weighted by Gasteiger charge is -2.19. The second-order valence-corrected chi connectivity index (χ2v) is 6.82. The average molecular weight is 373 g/mol. The molecule has 0 radical (unpaired) electrons. The van der Waals surface area contributed by atoms with Gasteiger partial charge in [0.15, 0.2) is 0 Å². The molecule has 3 rings (SSSR count). The highest BCUT2D eigenvalue weighted by molar-refractivity contribution is 5.99. The maximum Gasteiger partial charge on any atom is 0.339 e. The molecule has 28 heavy (non-hydrogen) atoms. The van der Waals surface area contributed by atoms with E-state index >= 15 is 0 Å². The molecule has 1 amide bonds. The Balaban J connectivity index is 1.89. The predicted molar refractivity (Wildman–Crippen MR) is 110 cm³/mol. The summed E-state index contributed by atoms with van der Waals surface area (Å²) in [5, 5.41) is 2.90. The molecule has 3 aromatic carbocycles. The number of hydrogen-bond donors (Lipinski definition) is 1. The Hall–Kier alpha value is -3.40. The summed E-state index contributed by atoms with van der Waals surface area (Å²) in [4.78, 5) is 25.8. The number of ether oxygens (including phenoxy) is 1. The third-order valence-electron chi connectivity index (χ3n) is 4.58. The van der Waals surface area contributed by atoms with Crippen molar-refractivity contribution >= 4 is 17.6 Å². The second kappa shape index (κ2) is 8.53. The molecule has 0 aliphatic rings. The van der Waals surface area contributed by atoms with Crippen molar-refractivity contribution < 1.29 is 14.3 Å². The SMILES string of the molecule is Cc1ccc(C)c(NC(=O)[C@H](OC(=O)c2ccccc2C)c2ccccc2)c1. The van der Waals surface area contributed by atoms with Gasteiger partial charge in [-0.25, -0.2) is 4.79 Å². The molecule has 0 saturated heterocycles. The van der Waals surface area contributed by atoms with Crippen LogP contribution in [0.15, 0.2) is 72.8 Å². The van der Waals surface area contributed by atoms with Gasteiger partial charge >= 0.3 is 5.97 Å². The van der Waals surface area contributed by atoms with Gasteiger partial charge in [0.2, 0.25) is 6.10 Å². The van der Waals surface area contributed by atoms with Gasteiger partial charge in [0.25, 0.3) is 5.91 Å². The Morgan fingerprint density at radius 2 is 1.50 bits per heavy atom. The minimum Gasteiger partial charge on any atom is -0.444 e. The zero-order valence-corrected chi connectivity index (χ0v) is 16.2. The van der Waals surface area contributed by atoms with Gasteiger partial charge in [0, 0.05) is 11.3 Å². The van der Waals surface area contributed by atoms with E-state index in [4.69, 9.17) is 4.74 Å². The lowest BCUT2D eigenvalue weighted by atomic mass is 10.1. The van der Waals surface area contributed by atoms with Gasteiger partial charge in [-0.3, -0.25) is 4.79 Å².